The Morgan fingerprint density at radius 1 is 0.608 bits per heavy atom. The van der Waals surface area contributed by atoms with E-state index in [0.29, 0.717) is 12.8 Å². The van der Waals surface area contributed by atoms with Crippen molar-refractivity contribution >= 4 is 11.9 Å². The van der Waals surface area contributed by atoms with Gasteiger partial charge >= 0.3 is 11.9 Å². The van der Waals surface area contributed by atoms with E-state index in [4.69, 9.17) is 18.9 Å². The van der Waals surface area contributed by atoms with E-state index < -0.39 is 55.4 Å². The van der Waals surface area contributed by atoms with E-state index in [1.165, 1.54) is 32.1 Å². The van der Waals surface area contributed by atoms with Gasteiger partial charge < -0.3 is 39.4 Å². The van der Waals surface area contributed by atoms with Crippen LogP contribution in [0.3, 0.4) is 0 Å². The zero-order valence-electron chi connectivity index (χ0n) is 31.8. The maximum atomic E-state index is 12.7. The van der Waals surface area contributed by atoms with Gasteiger partial charge in [0.05, 0.1) is 13.2 Å². The van der Waals surface area contributed by atoms with Crippen molar-refractivity contribution in [3.63, 3.8) is 0 Å². The minimum atomic E-state index is -1.60. The number of rotatable bonds is 32. The second-order valence-corrected chi connectivity index (χ2v) is 13.7. The number of esters is 2. The summed E-state index contributed by atoms with van der Waals surface area (Å²) in [7, 11) is 0. The van der Waals surface area contributed by atoms with Crippen LogP contribution in [-0.2, 0) is 28.5 Å². The highest BCUT2D eigenvalue weighted by Crippen LogP contribution is 2.22. The first kappa shape index (κ1) is 46.9. The zero-order chi connectivity index (χ0) is 37.4. The van der Waals surface area contributed by atoms with Gasteiger partial charge in [0.2, 0.25) is 0 Å². The lowest BCUT2D eigenvalue weighted by atomic mass is 9.99. The van der Waals surface area contributed by atoms with Gasteiger partial charge in [0.1, 0.15) is 31.0 Å². The maximum Gasteiger partial charge on any atom is 0.306 e. The van der Waals surface area contributed by atoms with Crippen molar-refractivity contribution in [2.75, 3.05) is 19.8 Å². The van der Waals surface area contributed by atoms with E-state index in [1.54, 1.807) is 0 Å². The Bertz CT molecular complexity index is 933. The number of carbonyl (C=O) groups is 2. The van der Waals surface area contributed by atoms with E-state index >= 15 is 0 Å². The highest BCUT2D eigenvalue weighted by Gasteiger charge is 2.44. The van der Waals surface area contributed by atoms with Crippen molar-refractivity contribution in [3.05, 3.63) is 36.5 Å². The standard InChI is InChI=1S/C41H72O10/c1-3-5-7-9-11-13-15-16-17-18-19-20-22-24-26-28-30-37(44)50-34(33-49-41-40(47)39(46)38(45)35(31-42)51-41)32-48-36(43)29-27-25-23-21-14-12-10-8-6-4-2/h8,10,13,15,17-18,34-35,38-42,45-47H,3-7,9,11-12,14,16,19-33H2,1-2H3/b10-8-,15-13-,18-17-. The predicted molar refractivity (Wildman–Crippen MR) is 201 cm³/mol. The molecule has 0 aliphatic carbocycles. The fraction of sp³-hybridized carbons (Fsp3) is 0.805. The molecule has 4 N–H and O–H groups in total. The summed E-state index contributed by atoms with van der Waals surface area (Å²) in [6.07, 6.45) is 27.3. The van der Waals surface area contributed by atoms with Crippen LogP contribution in [0.4, 0.5) is 0 Å². The van der Waals surface area contributed by atoms with Gasteiger partial charge in [-0.3, -0.25) is 9.59 Å². The van der Waals surface area contributed by atoms with Crippen molar-refractivity contribution < 1.29 is 49.0 Å². The molecule has 6 unspecified atom stereocenters. The van der Waals surface area contributed by atoms with Gasteiger partial charge in [-0.05, 0) is 64.2 Å². The summed E-state index contributed by atoms with van der Waals surface area (Å²) in [5.74, 6) is -0.838. The molecular formula is C41H72O10. The number of aliphatic hydroxyl groups is 4. The molecule has 0 aromatic rings. The molecule has 1 saturated heterocycles. The van der Waals surface area contributed by atoms with E-state index in [9.17, 15) is 30.0 Å². The molecule has 0 amide bonds. The third kappa shape index (κ3) is 24.7. The first-order chi connectivity index (χ1) is 24.8. The molecule has 10 nitrogen and oxygen atoms in total. The van der Waals surface area contributed by atoms with Gasteiger partial charge in [-0.25, -0.2) is 0 Å². The van der Waals surface area contributed by atoms with Crippen LogP contribution >= 0.6 is 0 Å². The van der Waals surface area contributed by atoms with Crippen LogP contribution in [0.25, 0.3) is 0 Å². The smallest absolute Gasteiger partial charge is 0.306 e. The lowest BCUT2D eigenvalue weighted by Gasteiger charge is -2.39. The largest absolute Gasteiger partial charge is 0.462 e. The quantitative estimate of drug-likeness (QED) is 0.0311. The fourth-order valence-corrected chi connectivity index (χ4v) is 5.75. The van der Waals surface area contributed by atoms with Gasteiger partial charge in [0, 0.05) is 12.8 Å². The van der Waals surface area contributed by atoms with Crippen molar-refractivity contribution in [1.29, 1.82) is 0 Å². The molecule has 1 heterocycles. The second kappa shape index (κ2) is 32.6. The summed E-state index contributed by atoms with van der Waals surface area (Å²) >= 11 is 0. The van der Waals surface area contributed by atoms with Crippen molar-refractivity contribution in [2.45, 2.75) is 192 Å². The monoisotopic (exact) mass is 725 g/mol. The van der Waals surface area contributed by atoms with Crippen LogP contribution in [0.1, 0.15) is 155 Å². The van der Waals surface area contributed by atoms with E-state index in [-0.39, 0.29) is 26.1 Å². The Labute approximate surface area is 308 Å². The van der Waals surface area contributed by atoms with Crippen molar-refractivity contribution in [3.8, 4) is 0 Å². The third-order valence-electron chi connectivity index (χ3n) is 8.98. The lowest BCUT2D eigenvalue weighted by molar-refractivity contribution is -0.305. The molecule has 10 heteroatoms. The first-order valence-electron chi connectivity index (χ1n) is 20.1. The summed E-state index contributed by atoms with van der Waals surface area (Å²) in [5.41, 5.74) is 0. The predicted octanol–water partition coefficient (Wildman–Crippen LogP) is 7.55. The number of hydrogen-bond donors (Lipinski definition) is 4. The summed E-state index contributed by atoms with van der Waals surface area (Å²) < 4.78 is 22.0. The van der Waals surface area contributed by atoms with Crippen LogP contribution in [0, 0.1) is 0 Å². The Morgan fingerprint density at radius 2 is 1.14 bits per heavy atom. The molecule has 0 radical (unpaired) electrons. The topological polar surface area (TPSA) is 152 Å². The molecule has 1 aliphatic heterocycles. The molecule has 6 atom stereocenters. The average Bonchev–Trinajstić information content (AvgIpc) is 3.13. The molecule has 1 fully saturated rings. The highest BCUT2D eigenvalue weighted by atomic mass is 16.7. The first-order valence-corrected chi connectivity index (χ1v) is 20.1. The Morgan fingerprint density at radius 3 is 1.73 bits per heavy atom. The van der Waals surface area contributed by atoms with Crippen LogP contribution in [0.15, 0.2) is 36.5 Å². The van der Waals surface area contributed by atoms with Gasteiger partial charge in [-0.1, -0.05) is 115 Å². The third-order valence-corrected chi connectivity index (χ3v) is 8.98. The van der Waals surface area contributed by atoms with E-state index in [0.717, 1.165) is 83.5 Å². The fourth-order valence-electron chi connectivity index (χ4n) is 5.75. The van der Waals surface area contributed by atoms with Crippen molar-refractivity contribution in [2.24, 2.45) is 0 Å². The normalized spacial score (nSPS) is 21.6. The average molecular weight is 725 g/mol. The molecule has 0 spiro atoms. The van der Waals surface area contributed by atoms with Crippen LogP contribution in [0.5, 0.6) is 0 Å². The summed E-state index contributed by atoms with van der Waals surface area (Å²) in [4.78, 5) is 25.2. The van der Waals surface area contributed by atoms with Crippen LogP contribution in [0.2, 0.25) is 0 Å². The Kier molecular flexibility index (Phi) is 30.0. The molecule has 1 rings (SSSR count). The number of carbonyl (C=O) groups excluding carboxylic acids is 2. The number of allylic oxidation sites excluding steroid dienone is 6. The zero-order valence-corrected chi connectivity index (χ0v) is 31.8. The molecule has 0 bridgehead atoms. The molecule has 0 aromatic heterocycles. The van der Waals surface area contributed by atoms with Gasteiger partial charge in [0.15, 0.2) is 12.4 Å². The molecule has 0 saturated carbocycles. The van der Waals surface area contributed by atoms with Gasteiger partial charge in [-0.2, -0.15) is 0 Å². The Hall–Kier alpha value is -2.08. The van der Waals surface area contributed by atoms with Crippen molar-refractivity contribution in [1.82, 2.24) is 0 Å². The van der Waals surface area contributed by atoms with Gasteiger partial charge in [0.25, 0.3) is 0 Å². The SMILES string of the molecule is CCC/C=C\CCCCCCCC(=O)OCC(COC1OC(CO)C(O)C(O)C1O)OC(=O)CCCCCCC/C=C\C/C=C\CCCCCC. The van der Waals surface area contributed by atoms with Crippen LogP contribution in [-0.4, -0.2) is 89.0 Å². The van der Waals surface area contributed by atoms with E-state index in [1.807, 2.05) is 0 Å². The summed E-state index contributed by atoms with van der Waals surface area (Å²) in [5, 5.41) is 39.9. The second-order valence-electron chi connectivity index (χ2n) is 13.7. The summed E-state index contributed by atoms with van der Waals surface area (Å²) in [6, 6.07) is 0. The molecule has 296 valence electrons. The minimum absolute atomic E-state index is 0.212. The molecule has 0 aromatic carbocycles. The van der Waals surface area contributed by atoms with Gasteiger partial charge in [-0.15, -0.1) is 0 Å². The molecular weight excluding hydrogens is 652 g/mol. The minimum Gasteiger partial charge on any atom is -0.462 e. The number of ether oxygens (including phenoxy) is 4. The number of hydrogen-bond acceptors (Lipinski definition) is 10. The number of aliphatic hydroxyl groups excluding tert-OH is 4. The highest BCUT2D eigenvalue weighted by molar-refractivity contribution is 5.70. The summed E-state index contributed by atoms with van der Waals surface area (Å²) in [6.45, 7) is 3.30. The molecule has 51 heavy (non-hydrogen) atoms. The lowest BCUT2D eigenvalue weighted by Crippen LogP contribution is -2.59. The maximum absolute atomic E-state index is 12.7. The number of unbranched alkanes of at least 4 members (excludes halogenated alkanes) is 15. The Balaban J connectivity index is 2.39. The van der Waals surface area contributed by atoms with Crippen LogP contribution < -0.4 is 0 Å². The van der Waals surface area contributed by atoms with E-state index in [2.05, 4.69) is 50.3 Å². The molecule has 1 aliphatic rings.